The van der Waals surface area contributed by atoms with Gasteiger partial charge in [-0.25, -0.2) is 0 Å². The van der Waals surface area contributed by atoms with Crippen LogP contribution in [0.5, 0.6) is 5.75 Å². The minimum absolute atomic E-state index is 0.00731. The Morgan fingerprint density at radius 3 is 2.90 bits per heavy atom. The van der Waals surface area contributed by atoms with Gasteiger partial charge in [-0.1, -0.05) is 6.07 Å². The van der Waals surface area contributed by atoms with Crippen molar-refractivity contribution in [1.82, 2.24) is 5.32 Å². The predicted molar refractivity (Wildman–Crippen MR) is 76.9 cm³/mol. The lowest BCUT2D eigenvalue weighted by Gasteiger charge is -2.12. The number of benzene rings is 1. The fraction of sp³-hybridized carbons (Fsp3) is 0.500. The number of amides is 1. The molecule has 0 saturated carbocycles. The lowest BCUT2D eigenvalue weighted by Crippen LogP contribution is -2.26. The maximum Gasteiger partial charge on any atom is 0.255 e. The summed E-state index contributed by atoms with van der Waals surface area (Å²) >= 11 is 0. The monoisotopic (exact) mass is 282 g/mol. The number of nitrogen functional groups attached to an aromatic ring is 1. The van der Waals surface area contributed by atoms with E-state index in [4.69, 9.17) is 20.3 Å². The lowest BCUT2D eigenvalue weighted by atomic mass is 10.1. The molecule has 0 bridgehead atoms. The number of aliphatic hydroxyl groups is 1. The van der Waals surface area contributed by atoms with Crippen molar-refractivity contribution >= 4 is 11.6 Å². The first-order valence-corrected chi connectivity index (χ1v) is 6.68. The second-order valence-electron chi connectivity index (χ2n) is 4.10. The van der Waals surface area contributed by atoms with Gasteiger partial charge in [0, 0.05) is 13.2 Å². The van der Waals surface area contributed by atoms with Gasteiger partial charge in [-0.3, -0.25) is 4.79 Å². The number of nitrogens with one attached hydrogen (secondary N) is 1. The highest BCUT2D eigenvalue weighted by Gasteiger charge is 2.14. The van der Waals surface area contributed by atoms with Crippen molar-refractivity contribution < 1.29 is 19.4 Å². The fourth-order valence-electron chi connectivity index (χ4n) is 1.68. The molecule has 6 nitrogen and oxygen atoms in total. The third-order valence-corrected chi connectivity index (χ3v) is 2.57. The van der Waals surface area contributed by atoms with Gasteiger partial charge in [-0.05, 0) is 25.5 Å². The number of aliphatic hydroxyl groups excluding tert-OH is 1. The first kappa shape index (κ1) is 16.3. The molecule has 0 unspecified atom stereocenters. The molecule has 0 aliphatic carbocycles. The number of ether oxygens (including phenoxy) is 2. The zero-order valence-corrected chi connectivity index (χ0v) is 11.7. The maximum atomic E-state index is 12.1. The molecule has 0 spiro atoms. The van der Waals surface area contributed by atoms with Crippen molar-refractivity contribution in [2.45, 2.75) is 13.3 Å². The number of nitrogens with two attached hydrogens (primary N) is 1. The van der Waals surface area contributed by atoms with Gasteiger partial charge in [-0.15, -0.1) is 0 Å². The Morgan fingerprint density at radius 2 is 2.20 bits per heavy atom. The average Bonchev–Trinajstić information content (AvgIpc) is 2.45. The molecule has 0 aromatic heterocycles. The molecule has 0 radical (unpaired) electrons. The summed E-state index contributed by atoms with van der Waals surface area (Å²) < 4.78 is 10.5. The van der Waals surface area contributed by atoms with Crippen LogP contribution in [-0.2, 0) is 4.74 Å². The van der Waals surface area contributed by atoms with E-state index in [9.17, 15) is 4.79 Å². The van der Waals surface area contributed by atoms with Crippen LogP contribution in [0.15, 0.2) is 18.2 Å². The normalized spacial score (nSPS) is 10.3. The van der Waals surface area contributed by atoms with Gasteiger partial charge in [0.15, 0.2) is 5.75 Å². The SMILES string of the molecule is CCOc1c(N)cccc1C(=O)NCCCOCCO. The van der Waals surface area contributed by atoms with Crippen LogP contribution in [0.25, 0.3) is 0 Å². The Kier molecular flexibility index (Phi) is 7.46. The quantitative estimate of drug-likeness (QED) is 0.460. The van der Waals surface area contributed by atoms with Crippen molar-refractivity contribution in [2.24, 2.45) is 0 Å². The number of carbonyl (C=O) groups is 1. The molecule has 1 aromatic carbocycles. The molecule has 4 N–H and O–H groups in total. The van der Waals surface area contributed by atoms with Gasteiger partial charge < -0.3 is 25.6 Å². The summed E-state index contributed by atoms with van der Waals surface area (Å²) in [6.45, 7) is 3.60. The number of anilines is 1. The molecule has 1 rings (SSSR count). The predicted octanol–water partition coefficient (Wildman–Crippen LogP) is 0.796. The zero-order valence-electron chi connectivity index (χ0n) is 11.7. The summed E-state index contributed by atoms with van der Waals surface area (Å²) in [5, 5.41) is 11.3. The van der Waals surface area contributed by atoms with E-state index in [1.165, 1.54) is 0 Å². The molecule has 1 amide bonds. The van der Waals surface area contributed by atoms with Gasteiger partial charge in [0.05, 0.1) is 31.1 Å². The van der Waals surface area contributed by atoms with Gasteiger partial charge in [-0.2, -0.15) is 0 Å². The van der Waals surface area contributed by atoms with Crippen molar-refractivity contribution in [3.05, 3.63) is 23.8 Å². The van der Waals surface area contributed by atoms with Gasteiger partial charge in [0.25, 0.3) is 5.91 Å². The highest BCUT2D eigenvalue weighted by Crippen LogP contribution is 2.26. The van der Waals surface area contributed by atoms with E-state index in [1.54, 1.807) is 18.2 Å². The standard InChI is InChI=1S/C14H22N2O4/c1-2-20-13-11(5-3-6-12(13)15)14(18)16-7-4-9-19-10-8-17/h3,5-6,17H,2,4,7-10,15H2,1H3,(H,16,18). The Balaban J connectivity index is 2.49. The number of carbonyl (C=O) groups excluding carboxylic acids is 1. The highest BCUT2D eigenvalue weighted by atomic mass is 16.5. The van der Waals surface area contributed by atoms with Crippen molar-refractivity contribution in [2.75, 3.05) is 38.7 Å². The molecule has 112 valence electrons. The minimum Gasteiger partial charge on any atom is -0.491 e. The zero-order chi connectivity index (χ0) is 14.8. The molecule has 0 atom stereocenters. The molecular formula is C14H22N2O4. The Morgan fingerprint density at radius 1 is 1.40 bits per heavy atom. The maximum absolute atomic E-state index is 12.1. The third-order valence-electron chi connectivity index (χ3n) is 2.57. The number of hydrogen-bond donors (Lipinski definition) is 3. The average molecular weight is 282 g/mol. The van der Waals surface area contributed by atoms with Crippen LogP contribution in [-0.4, -0.2) is 44.0 Å². The Bertz CT molecular complexity index is 424. The van der Waals surface area contributed by atoms with Crippen LogP contribution in [0.1, 0.15) is 23.7 Å². The molecule has 0 aliphatic rings. The largest absolute Gasteiger partial charge is 0.491 e. The minimum atomic E-state index is -0.220. The van der Waals surface area contributed by atoms with Gasteiger partial charge >= 0.3 is 0 Å². The summed E-state index contributed by atoms with van der Waals surface area (Å²) in [7, 11) is 0. The smallest absolute Gasteiger partial charge is 0.255 e. The second kappa shape index (κ2) is 9.17. The van der Waals surface area contributed by atoms with Crippen molar-refractivity contribution in [3.8, 4) is 5.75 Å². The van der Waals surface area contributed by atoms with E-state index in [0.717, 1.165) is 0 Å². The molecule has 0 heterocycles. The van der Waals surface area contributed by atoms with E-state index in [2.05, 4.69) is 5.32 Å². The van der Waals surface area contributed by atoms with Crippen LogP contribution in [0.2, 0.25) is 0 Å². The molecule has 0 saturated heterocycles. The lowest BCUT2D eigenvalue weighted by molar-refractivity contribution is 0.0866. The number of para-hydroxylation sites is 1. The molecule has 0 fully saturated rings. The van der Waals surface area contributed by atoms with Crippen LogP contribution < -0.4 is 15.8 Å². The summed E-state index contributed by atoms with van der Waals surface area (Å²) in [5.74, 6) is 0.201. The molecule has 20 heavy (non-hydrogen) atoms. The molecule has 0 aliphatic heterocycles. The second-order valence-corrected chi connectivity index (χ2v) is 4.10. The van der Waals surface area contributed by atoms with Crippen LogP contribution in [0.3, 0.4) is 0 Å². The summed E-state index contributed by atoms with van der Waals surface area (Å²) in [6.07, 6.45) is 0.679. The van der Waals surface area contributed by atoms with Crippen LogP contribution in [0.4, 0.5) is 5.69 Å². The first-order valence-electron chi connectivity index (χ1n) is 6.68. The molecule has 6 heteroatoms. The summed E-state index contributed by atoms with van der Waals surface area (Å²) in [5.41, 5.74) is 6.69. The summed E-state index contributed by atoms with van der Waals surface area (Å²) in [4.78, 5) is 12.1. The summed E-state index contributed by atoms with van der Waals surface area (Å²) in [6, 6.07) is 5.10. The van der Waals surface area contributed by atoms with Crippen LogP contribution >= 0.6 is 0 Å². The van der Waals surface area contributed by atoms with Gasteiger partial charge in [0.1, 0.15) is 0 Å². The van der Waals surface area contributed by atoms with Crippen LogP contribution in [0, 0.1) is 0 Å². The van der Waals surface area contributed by atoms with E-state index in [-0.39, 0.29) is 12.5 Å². The molecular weight excluding hydrogens is 260 g/mol. The van der Waals surface area contributed by atoms with E-state index in [1.807, 2.05) is 6.92 Å². The Hall–Kier alpha value is -1.79. The molecule has 1 aromatic rings. The fourth-order valence-corrected chi connectivity index (χ4v) is 1.68. The Labute approximate surface area is 118 Å². The number of rotatable bonds is 9. The van der Waals surface area contributed by atoms with E-state index < -0.39 is 0 Å². The van der Waals surface area contributed by atoms with Gasteiger partial charge in [0.2, 0.25) is 0 Å². The van der Waals surface area contributed by atoms with E-state index in [0.29, 0.717) is 49.8 Å². The topological polar surface area (TPSA) is 93.8 Å². The van der Waals surface area contributed by atoms with Crippen molar-refractivity contribution in [1.29, 1.82) is 0 Å². The van der Waals surface area contributed by atoms with E-state index >= 15 is 0 Å². The first-order chi connectivity index (χ1) is 9.70. The number of hydrogen-bond acceptors (Lipinski definition) is 5. The highest BCUT2D eigenvalue weighted by molar-refractivity contribution is 5.98. The van der Waals surface area contributed by atoms with Crippen molar-refractivity contribution in [3.63, 3.8) is 0 Å². The third kappa shape index (κ3) is 5.07.